The van der Waals surface area contributed by atoms with Crippen molar-refractivity contribution in [1.29, 1.82) is 0 Å². The SMILES string of the molecule is CC(c1ccccc1)N(Cc1cccc(F)c1)Cc1nc(C(=O)NCc2ccco2)co1. The predicted octanol–water partition coefficient (Wildman–Crippen LogP) is 5.10. The highest BCUT2D eigenvalue weighted by Crippen LogP contribution is 2.24. The van der Waals surface area contributed by atoms with Gasteiger partial charge in [-0.05, 0) is 42.3 Å². The average molecular weight is 433 g/mol. The number of oxazole rings is 1. The Morgan fingerprint density at radius 2 is 1.91 bits per heavy atom. The van der Waals surface area contributed by atoms with Crippen LogP contribution in [0.3, 0.4) is 0 Å². The largest absolute Gasteiger partial charge is 0.467 e. The summed E-state index contributed by atoms with van der Waals surface area (Å²) in [5.41, 5.74) is 2.16. The molecular formula is C25H24FN3O3. The number of hydrogen-bond acceptors (Lipinski definition) is 5. The van der Waals surface area contributed by atoms with Gasteiger partial charge >= 0.3 is 0 Å². The Morgan fingerprint density at radius 1 is 1.06 bits per heavy atom. The van der Waals surface area contributed by atoms with Gasteiger partial charge < -0.3 is 14.2 Å². The molecule has 0 aliphatic rings. The first-order valence-corrected chi connectivity index (χ1v) is 10.4. The molecule has 0 radical (unpaired) electrons. The molecule has 7 heteroatoms. The Morgan fingerprint density at radius 3 is 2.66 bits per heavy atom. The van der Waals surface area contributed by atoms with Crippen LogP contribution in [0.15, 0.2) is 88.1 Å². The molecular weight excluding hydrogens is 409 g/mol. The molecule has 32 heavy (non-hydrogen) atoms. The number of benzene rings is 2. The zero-order valence-corrected chi connectivity index (χ0v) is 17.7. The summed E-state index contributed by atoms with van der Waals surface area (Å²) in [4.78, 5) is 18.9. The maximum absolute atomic E-state index is 13.7. The minimum absolute atomic E-state index is 0.0163. The lowest BCUT2D eigenvalue weighted by atomic mass is 10.1. The standard InChI is InChI=1S/C25H24FN3O3/c1-18(20-8-3-2-4-9-20)29(15-19-7-5-10-21(26)13-19)16-24-28-23(17-32-24)25(30)27-14-22-11-6-12-31-22/h2-13,17-18H,14-16H2,1H3,(H,27,30). The summed E-state index contributed by atoms with van der Waals surface area (Å²) in [6, 6.07) is 20.1. The van der Waals surface area contributed by atoms with Crippen LogP contribution in [0.1, 0.15) is 46.2 Å². The topological polar surface area (TPSA) is 71.5 Å². The van der Waals surface area contributed by atoms with Gasteiger partial charge in [0.2, 0.25) is 5.89 Å². The Hall–Kier alpha value is -3.71. The van der Waals surface area contributed by atoms with Crippen molar-refractivity contribution in [3.05, 3.63) is 114 Å². The first-order chi connectivity index (χ1) is 15.6. The van der Waals surface area contributed by atoms with E-state index in [0.29, 0.717) is 24.7 Å². The number of hydrogen-bond donors (Lipinski definition) is 1. The lowest BCUT2D eigenvalue weighted by molar-refractivity contribution is 0.0943. The molecule has 1 atom stereocenters. The molecule has 0 saturated carbocycles. The number of halogens is 1. The monoisotopic (exact) mass is 433 g/mol. The lowest BCUT2D eigenvalue weighted by Gasteiger charge is -2.28. The lowest BCUT2D eigenvalue weighted by Crippen LogP contribution is -2.27. The summed E-state index contributed by atoms with van der Waals surface area (Å²) >= 11 is 0. The van der Waals surface area contributed by atoms with E-state index in [-0.39, 0.29) is 30.0 Å². The van der Waals surface area contributed by atoms with E-state index < -0.39 is 0 Å². The molecule has 1 unspecified atom stereocenters. The van der Waals surface area contributed by atoms with Crippen molar-refractivity contribution in [1.82, 2.24) is 15.2 Å². The summed E-state index contributed by atoms with van der Waals surface area (Å²) in [6.07, 6.45) is 2.90. The van der Waals surface area contributed by atoms with Crippen LogP contribution in [-0.2, 0) is 19.6 Å². The Labute approximate surface area is 185 Å². The van der Waals surface area contributed by atoms with Crippen molar-refractivity contribution in [3.63, 3.8) is 0 Å². The summed E-state index contributed by atoms with van der Waals surface area (Å²) in [6.45, 7) is 3.20. The van der Waals surface area contributed by atoms with E-state index in [1.54, 1.807) is 24.5 Å². The molecule has 4 rings (SSSR count). The fourth-order valence-corrected chi connectivity index (χ4v) is 3.47. The Balaban J connectivity index is 1.48. The average Bonchev–Trinajstić information content (AvgIpc) is 3.49. The van der Waals surface area contributed by atoms with Gasteiger partial charge in [-0.3, -0.25) is 9.69 Å². The third-order valence-electron chi connectivity index (χ3n) is 5.23. The number of amides is 1. The van der Waals surface area contributed by atoms with Gasteiger partial charge in [0.1, 0.15) is 17.8 Å². The van der Waals surface area contributed by atoms with E-state index in [2.05, 4.69) is 22.1 Å². The molecule has 0 saturated heterocycles. The number of furan rings is 1. The smallest absolute Gasteiger partial charge is 0.273 e. The molecule has 1 N–H and O–H groups in total. The zero-order chi connectivity index (χ0) is 22.3. The van der Waals surface area contributed by atoms with Crippen molar-refractivity contribution in [2.24, 2.45) is 0 Å². The highest BCUT2D eigenvalue weighted by atomic mass is 19.1. The molecule has 6 nitrogen and oxygen atoms in total. The van der Waals surface area contributed by atoms with Crippen LogP contribution in [0, 0.1) is 5.82 Å². The second kappa shape index (κ2) is 10.1. The van der Waals surface area contributed by atoms with Gasteiger partial charge in [-0.25, -0.2) is 9.37 Å². The minimum Gasteiger partial charge on any atom is -0.467 e. The molecule has 0 spiro atoms. The van der Waals surface area contributed by atoms with Crippen molar-refractivity contribution in [3.8, 4) is 0 Å². The van der Waals surface area contributed by atoms with Gasteiger partial charge in [-0.2, -0.15) is 0 Å². The number of nitrogens with zero attached hydrogens (tertiary/aromatic N) is 2. The number of carbonyl (C=O) groups is 1. The van der Waals surface area contributed by atoms with Crippen LogP contribution in [0.5, 0.6) is 0 Å². The normalized spacial score (nSPS) is 12.1. The van der Waals surface area contributed by atoms with Crippen molar-refractivity contribution < 1.29 is 18.0 Å². The molecule has 0 aliphatic carbocycles. The highest BCUT2D eigenvalue weighted by Gasteiger charge is 2.20. The summed E-state index contributed by atoms with van der Waals surface area (Å²) in [5, 5.41) is 2.75. The maximum Gasteiger partial charge on any atom is 0.273 e. The summed E-state index contributed by atoms with van der Waals surface area (Å²) in [7, 11) is 0. The third kappa shape index (κ3) is 5.50. The second-order valence-electron chi connectivity index (χ2n) is 7.51. The molecule has 4 aromatic rings. The van der Waals surface area contributed by atoms with Gasteiger partial charge in [-0.1, -0.05) is 42.5 Å². The van der Waals surface area contributed by atoms with Crippen LogP contribution in [0.4, 0.5) is 4.39 Å². The van der Waals surface area contributed by atoms with Crippen molar-refractivity contribution in [2.75, 3.05) is 0 Å². The molecule has 2 aromatic carbocycles. The highest BCUT2D eigenvalue weighted by molar-refractivity contribution is 5.91. The first kappa shape index (κ1) is 21.5. The maximum atomic E-state index is 13.7. The molecule has 0 bridgehead atoms. The number of nitrogens with one attached hydrogen (secondary N) is 1. The van der Waals surface area contributed by atoms with Crippen LogP contribution >= 0.6 is 0 Å². The molecule has 1 amide bonds. The van der Waals surface area contributed by atoms with Crippen molar-refractivity contribution >= 4 is 5.91 Å². The van der Waals surface area contributed by atoms with Crippen LogP contribution in [0.25, 0.3) is 0 Å². The number of aromatic nitrogens is 1. The van der Waals surface area contributed by atoms with Gasteiger partial charge in [0, 0.05) is 12.6 Å². The zero-order valence-electron chi connectivity index (χ0n) is 17.7. The number of carbonyl (C=O) groups excluding carboxylic acids is 1. The summed E-state index contributed by atoms with van der Waals surface area (Å²) in [5.74, 6) is 0.443. The Kier molecular flexibility index (Phi) is 6.77. The Bertz CT molecular complexity index is 1140. The molecule has 2 aromatic heterocycles. The van der Waals surface area contributed by atoms with E-state index in [4.69, 9.17) is 8.83 Å². The number of rotatable bonds is 9. The van der Waals surface area contributed by atoms with Gasteiger partial charge in [0.05, 0.1) is 19.4 Å². The molecule has 164 valence electrons. The van der Waals surface area contributed by atoms with Crippen LogP contribution < -0.4 is 5.32 Å². The van der Waals surface area contributed by atoms with Crippen LogP contribution in [0.2, 0.25) is 0 Å². The van der Waals surface area contributed by atoms with E-state index in [0.717, 1.165) is 11.1 Å². The quantitative estimate of drug-likeness (QED) is 0.398. The minimum atomic E-state index is -0.343. The van der Waals surface area contributed by atoms with Gasteiger partial charge in [0.15, 0.2) is 5.69 Å². The van der Waals surface area contributed by atoms with E-state index in [1.807, 2.05) is 36.4 Å². The van der Waals surface area contributed by atoms with E-state index >= 15 is 0 Å². The fraction of sp³-hybridized carbons (Fsp3) is 0.200. The van der Waals surface area contributed by atoms with Crippen molar-refractivity contribution in [2.45, 2.75) is 32.6 Å². The summed E-state index contributed by atoms with van der Waals surface area (Å²) < 4.78 is 24.5. The third-order valence-corrected chi connectivity index (χ3v) is 5.23. The molecule has 0 aliphatic heterocycles. The van der Waals surface area contributed by atoms with E-state index in [1.165, 1.54) is 18.4 Å². The fourth-order valence-electron chi connectivity index (χ4n) is 3.47. The molecule has 0 fully saturated rings. The van der Waals surface area contributed by atoms with Crippen LogP contribution in [-0.4, -0.2) is 15.8 Å². The molecule has 2 heterocycles. The van der Waals surface area contributed by atoms with Gasteiger partial charge in [0.25, 0.3) is 5.91 Å². The second-order valence-corrected chi connectivity index (χ2v) is 7.51. The predicted molar refractivity (Wildman–Crippen MR) is 117 cm³/mol. The first-order valence-electron chi connectivity index (χ1n) is 10.4. The van der Waals surface area contributed by atoms with Gasteiger partial charge in [-0.15, -0.1) is 0 Å². The van der Waals surface area contributed by atoms with E-state index in [9.17, 15) is 9.18 Å².